The number of thiophene rings is 1. The number of benzene rings is 1. The smallest absolute Gasteiger partial charge is 0.277 e. The number of aryl methyl sites for hydroxylation is 2. The Morgan fingerprint density at radius 3 is 3.07 bits per heavy atom. The molecule has 1 aromatic carbocycles. The molecule has 146 valence electrons. The van der Waals surface area contributed by atoms with Crippen LogP contribution in [0.3, 0.4) is 0 Å². The molecule has 0 saturated carbocycles. The van der Waals surface area contributed by atoms with Crippen LogP contribution >= 0.6 is 23.1 Å². The third-order valence-corrected chi connectivity index (χ3v) is 6.99. The minimum atomic E-state index is -0.0776. The second kappa shape index (κ2) is 8.49. The zero-order chi connectivity index (χ0) is 19.5. The van der Waals surface area contributed by atoms with Crippen molar-refractivity contribution in [2.45, 2.75) is 44.8 Å². The maximum Gasteiger partial charge on any atom is 0.277 e. The van der Waals surface area contributed by atoms with E-state index in [1.165, 1.54) is 28.6 Å². The van der Waals surface area contributed by atoms with Gasteiger partial charge in [-0.15, -0.1) is 21.5 Å². The van der Waals surface area contributed by atoms with Crippen molar-refractivity contribution < 1.29 is 9.21 Å². The zero-order valence-corrected chi connectivity index (χ0v) is 17.7. The summed E-state index contributed by atoms with van der Waals surface area (Å²) < 4.78 is 5.79. The summed E-state index contributed by atoms with van der Waals surface area (Å²) in [6.07, 6.45) is 4.38. The van der Waals surface area contributed by atoms with Gasteiger partial charge in [0.05, 0.1) is 10.6 Å². The molecule has 0 radical (unpaired) electrons. The van der Waals surface area contributed by atoms with Crippen molar-refractivity contribution in [3.63, 3.8) is 0 Å². The average molecular weight is 414 g/mol. The van der Waals surface area contributed by atoms with Crippen LogP contribution in [-0.4, -0.2) is 21.9 Å². The lowest BCUT2D eigenvalue weighted by Gasteiger charge is -2.16. The van der Waals surface area contributed by atoms with Gasteiger partial charge in [-0.25, -0.2) is 0 Å². The molecule has 1 amide bonds. The molecule has 1 N–H and O–H groups in total. The standard InChI is InChI=1S/C21H23N3O2S2/c1-3-14-6-4-5-7-16(14)22-19(25)12-27-21-24-23-20(26-21)18-11-15-10-13(2)8-9-17(15)28-18/h4-7,11,13H,3,8-10,12H2,1-2H3,(H,22,25)/t13-/m0/s1. The van der Waals surface area contributed by atoms with Crippen LogP contribution in [0.2, 0.25) is 0 Å². The molecule has 0 spiro atoms. The number of hydrogen-bond acceptors (Lipinski definition) is 6. The van der Waals surface area contributed by atoms with Crippen LogP contribution in [0.25, 0.3) is 10.8 Å². The van der Waals surface area contributed by atoms with E-state index >= 15 is 0 Å². The quantitative estimate of drug-likeness (QED) is 0.562. The third-order valence-electron chi connectivity index (χ3n) is 4.95. The largest absolute Gasteiger partial charge is 0.410 e. The van der Waals surface area contributed by atoms with Gasteiger partial charge in [-0.3, -0.25) is 4.79 Å². The number of nitrogens with one attached hydrogen (secondary N) is 1. The number of nitrogens with zero attached hydrogens (tertiary/aromatic N) is 2. The Bertz CT molecular complexity index is 980. The van der Waals surface area contributed by atoms with E-state index in [1.807, 2.05) is 24.3 Å². The molecule has 5 nitrogen and oxygen atoms in total. The molecule has 4 rings (SSSR count). The molecule has 0 fully saturated rings. The molecule has 28 heavy (non-hydrogen) atoms. The summed E-state index contributed by atoms with van der Waals surface area (Å²) in [5.41, 5.74) is 3.40. The first kappa shape index (κ1) is 19.2. The van der Waals surface area contributed by atoms with Crippen molar-refractivity contribution in [3.8, 4) is 10.8 Å². The van der Waals surface area contributed by atoms with Crippen molar-refractivity contribution in [2.75, 3.05) is 11.1 Å². The van der Waals surface area contributed by atoms with E-state index in [0.29, 0.717) is 11.1 Å². The molecule has 1 atom stereocenters. The Balaban J connectivity index is 1.37. The predicted molar refractivity (Wildman–Crippen MR) is 114 cm³/mol. The third kappa shape index (κ3) is 4.31. The molecule has 2 heterocycles. The van der Waals surface area contributed by atoms with Crippen molar-refractivity contribution in [1.29, 1.82) is 0 Å². The number of amides is 1. The first-order valence-electron chi connectivity index (χ1n) is 9.58. The molecule has 0 unspecified atom stereocenters. The van der Waals surface area contributed by atoms with Crippen LogP contribution in [-0.2, 0) is 24.1 Å². The molecule has 0 aliphatic heterocycles. The van der Waals surface area contributed by atoms with Crippen LogP contribution in [0.1, 0.15) is 36.3 Å². The highest BCUT2D eigenvalue weighted by molar-refractivity contribution is 7.99. The Kier molecular flexibility index (Phi) is 5.82. The van der Waals surface area contributed by atoms with Crippen LogP contribution in [0.15, 0.2) is 40.0 Å². The number of carbonyl (C=O) groups excluding carboxylic acids is 1. The van der Waals surface area contributed by atoms with Crippen LogP contribution < -0.4 is 5.32 Å². The summed E-state index contributed by atoms with van der Waals surface area (Å²) >= 11 is 3.01. The molecule has 0 saturated heterocycles. The molecular formula is C21H23N3O2S2. The number of carbonyl (C=O) groups is 1. The SMILES string of the molecule is CCc1ccccc1NC(=O)CSc1nnc(-c2cc3c(s2)CC[C@H](C)C3)o1. The highest BCUT2D eigenvalue weighted by Gasteiger charge is 2.21. The second-order valence-electron chi connectivity index (χ2n) is 7.13. The molecule has 1 aliphatic rings. The lowest BCUT2D eigenvalue weighted by atomic mass is 9.90. The molecule has 1 aliphatic carbocycles. The second-order valence-corrected chi connectivity index (χ2v) is 9.19. The van der Waals surface area contributed by atoms with Crippen molar-refractivity contribution in [1.82, 2.24) is 10.2 Å². The van der Waals surface area contributed by atoms with Gasteiger partial charge in [0.15, 0.2) is 0 Å². The van der Waals surface area contributed by atoms with Crippen LogP contribution in [0.5, 0.6) is 0 Å². The summed E-state index contributed by atoms with van der Waals surface area (Å²) in [4.78, 5) is 14.7. The predicted octanol–water partition coefficient (Wildman–Crippen LogP) is 5.22. The van der Waals surface area contributed by atoms with E-state index in [-0.39, 0.29) is 11.7 Å². The topological polar surface area (TPSA) is 68.0 Å². The number of rotatable bonds is 6. The Hall–Kier alpha value is -2.12. The summed E-state index contributed by atoms with van der Waals surface area (Å²) in [6, 6.07) is 10.0. The number of hydrogen-bond donors (Lipinski definition) is 1. The fourth-order valence-electron chi connectivity index (χ4n) is 3.44. The van der Waals surface area contributed by atoms with Crippen LogP contribution in [0.4, 0.5) is 5.69 Å². The van der Waals surface area contributed by atoms with Gasteiger partial charge >= 0.3 is 0 Å². The summed E-state index contributed by atoms with van der Waals surface area (Å²) in [7, 11) is 0. The molecule has 7 heteroatoms. The minimum Gasteiger partial charge on any atom is -0.410 e. The highest BCUT2D eigenvalue weighted by Crippen LogP contribution is 2.37. The lowest BCUT2D eigenvalue weighted by Crippen LogP contribution is -2.15. The molecule has 2 aromatic heterocycles. The summed E-state index contributed by atoms with van der Waals surface area (Å²) in [6.45, 7) is 4.37. The lowest BCUT2D eigenvalue weighted by molar-refractivity contribution is -0.113. The molecular weight excluding hydrogens is 390 g/mol. The van der Waals surface area contributed by atoms with Gasteiger partial charge in [-0.1, -0.05) is 43.8 Å². The average Bonchev–Trinajstić information content (AvgIpc) is 3.33. The molecule has 0 bridgehead atoms. The van der Waals surface area contributed by atoms with Gasteiger partial charge in [-0.05, 0) is 54.9 Å². The summed E-state index contributed by atoms with van der Waals surface area (Å²) in [5, 5.41) is 11.7. The number of thioether (sulfide) groups is 1. The van der Waals surface area contributed by atoms with E-state index in [0.717, 1.165) is 41.3 Å². The van der Waals surface area contributed by atoms with Gasteiger partial charge in [-0.2, -0.15) is 0 Å². The number of fused-ring (bicyclic) bond motifs is 1. The van der Waals surface area contributed by atoms with E-state index in [2.05, 4.69) is 35.4 Å². The van der Waals surface area contributed by atoms with Gasteiger partial charge in [0.25, 0.3) is 11.1 Å². The monoisotopic (exact) mass is 413 g/mol. The van der Waals surface area contributed by atoms with E-state index in [9.17, 15) is 4.79 Å². The van der Waals surface area contributed by atoms with Gasteiger partial charge in [0.2, 0.25) is 5.91 Å². The van der Waals surface area contributed by atoms with Crippen LogP contribution in [0, 0.1) is 5.92 Å². The van der Waals surface area contributed by atoms with E-state index in [4.69, 9.17) is 4.42 Å². The van der Waals surface area contributed by atoms with Crippen molar-refractivity contribution in [2.24, 2.45) is 5.92 Å². The van der Waals surface area contributed by atoms with E-state index < -0.39 is 0 Å². The Morgan fingerprint density at radius 2 is 2.21 bits per heavy atom. The maximum atomic E-state index is 12.3. The van der Waals surface area contributed by atoms with Gasteiger partial charge < -0.3 is 9.73 Å². The number of para-hydroxylation sites is 1. The fraction of sp³-hybridized carbons (Fsp3) is 0.381. The Labute approximate surface area is 173 Å². The Morgan fingerprint density at radius 1 is 1.36 bits per heavy atom. The summed E-state index contributed by atoms with van der Waals surface area (Å²) in [5.74, 6) is 1.44. The maximum absolute atomic E-state index is 12.3. The first-order valence-corrected chi connectivity index (χ1v) is 11.4. The van der Waals surface area contributed by atoms with Gasteiger partial charge in [0.1, 0.15) is 0 Å². The first-order chi connectivity index (χ1) is 13.6. The fourth-order valence-corrected chi connectivity index (χ4v) is 5.14. The van der Waals surface area contributed by atoms with Crippen molar-refractivity contribution >= 4 is 34.7 Å². The normalized spacial score (nSPS) is 16.0. The zero-order valence-electron chi connectivity index (χ0n) is 16.0. The van der Waals surface area contributed by atoms with Gasteiger partial charge in [0, 0.05) is 10.6 Å². The highest BCUT2D eigenvalue weighted by atomic mass is 32.2. The number of anilines is 1. The van der Waals surface area contributed by atoms with Crippen molar-refractivity contribution in [3.05, 3.63) is 46.3 Å². The minimum absolute atomic E-state index is 0.0776. The number of aromatic nitrogens is 2. The van der Waals surface area contributed by atoms with E-state index in [1.54, 1.807) is 11.3 Å². The molecule has 3 aromatic rings.